The van der Waals surface area contributed by atoms with Crippen LogP contribution in [-0.4, -0.2) is 14.3 Å². The third kappa shape index (κ3) is 4.89. The summed E-state index contributed by atoms with van der Waals surface area (Å²) in [5.74, 6) is -3.05. The zero-order valence-corrected chi connectivity index (χ0v) is 17.7. The molecule has 30 heavy (non-hydrogen) atoms. The van der Waals surface area contributed by atoms with Gasteiger partial charge in [0.25, 0.3) is 15.9 Å². The topological polar surface area (TPSA) is 75.3 Å². The predicted molar refractivity (Wildman–Crippen MR) is 113 cm³/mol. The molecular formula is C20H14Cl2F2N2O3S. The number of hydrogen-bond donors (Lipinski definition) is 2. The van der Waals surface area contributed by atoms with Gasteiger partial charge in [-0.2, -0.15) is 0 Å². The van der Waals surface area contributed by atoms with Crippen molar-refractivity contribution < 1.29 is 22.0 Å². The summed E-state index contributed by atoms with van der Waals surface area (Å²) < 4.78 is 54.4. The number of benzene rings is 3. The van der Waals surface area contributed by atoms with Gasteiger partial charge < -0.3 is 5.32 Å². The number of nitrogens with one attached hydrogen (secondary N) is 2. The Morgan fingerprint density at radius 3 is 2.30 bits per heavy atom. The molecular weight excluding hydrogens is 457 g/mol. The van der Waals surface area contributed by atoms with Gasteiger partial charge in [0.2, 0.25) is 0 Å². The SMILES string of the molecule is Cc1cccc(NS(=O)(=O)c2cc(C(=O)Nc3ccc(F)c(F)c3)c(Cl)cc2Cl)c1. The Morgan fingerprint density at radius 2 is 1.63 bits per heavy atom. The Balaban J connectivity index is 1.94. The second kappa shape index (κ2) is 8.59. The molecule has 3 rings (SSSR count). The van der Waals surface area contributed by atoms with Gasteiger partial charge in [0.15, 0.2) is 11.6 Å². The summed E-state index contributed by atoms with van der Waals surface area (Å²) in [5.41, 5.74) is 0.903. The van der Waals surface area contributed by atoms with Crippen molar-refractivity contribution >= 4 is 50.5 Å². The van der Waals surface area contributed by atoms with E-state index < -0.39 is 27.6 Å². The molecule has 0 atom stereocenters. The molecule has 0 saturated carbocycles. The largest absolute Gasteiger partial charge is 0.322 e. The van der Waals surface area contributed by atoms with Crippen LogP contribution in [0.3, 0.4) is 0 Å². The standard InChI is InChI=1S/C20H14Cl2F2N2O3S/c1-11-3-2-4-13(7-11)26-30(28,29)19-9-14(15(21)10-16(19)22)20(27)25-12-5-6-17(23)18(24)8-12/h2-10,26H,1H3,(H,25,27). The molecule has 0 aliphatic rings. The summed E-state index contributed by atoms with van der Waals surface area (Å²) in [7, 11) is -4.15. The lowest BCUT2D eigenvalue weighted by molar-refractivity contribution is 0.102. The van der Waals surface area contributed by atoms with Crippen LogP contribution in [0.5, 0.6) is 0 Å². The van der Waals surface area contributed by atoms with Gasteiger partial charge in [-0.05, 0) is 48.9 Å². The minimum absolute atomic E-state index is 0.0350. The highest BCUT2D eigenvalue weighted by Gasteiger charge is 2.23. The van der Waals surface area contributed by atoms with Crippen LogP contribution in [0.15, 0.2) is 59.5 Å². The number of anilines is 2. The van der Waals surface area contributed by atoms with Crippen molar-refractivity contribution in [2.75, 3.05) is 10.0 Å². The number of hydrogen-bond acceptors (Lipinski definition) is 3. The lowest BCUT2D eigenvalue weighted by atomic mass is 10.2. The van der Waals surface area contributed by atoms with Crippen LogP contribution in [0, 0.1) is 18.6 Å². The number of carbonyl (C=O) groups excluding carboxylic acids is 1. The first-order chi connectivity index (χ1) is 14.1. The third-order valence-electron chi connectivity index (χ3n) is 4.00. The zero-order chi connectivity index (χ0) is 22.1. The van der Waals surface area contributed by atoms with E-state index >= 15 is 0 Å². The molecule has 0 bridgehead atoms. The summed E-state index contributed by atoms with van der Waals surface area (Å²) in [4.78, 5) is 12.2. The summed E-state index contributed by atoms with van der Waals surface area (Å²) in [5, 5.41) is 2.03. The molecule has 0 saturated heterocycles. The van der Waals surface area contributed by atoms with Crippen LogP contribution < -0.4 is 10.0 Å². The number of sulfonamides is 1. The maximum Gasteiger partial charge on any atom is 0.263 e. The molecule has 10 heteroatoms. The van der Waals surface area contributed by atoms with Gasteiger partial charge in [-0.1, -0.05) is 35.3 Å². The number of carbonyl (C=O) groups is 1. The third-order valence-corrected chi connectivity index (χ3v) is 6.16. The minimum Gasteiger partial charge on any atom is -0.322 e. The summed E-state index contributed by atoms with van der Waals surface area (Å²) >= 11 is 12.1. The zero-order valence-electron chi connectivity index (χ0n) is 15.3. The molecule has 3 aromatic rings. The molecule has 3 aromatic carbocycles. The van der Waals surface area contributed by atoms with E-state index in [2.05, 4.69) is 10.0 Å². The summed E-state index contributed by atoms with van der Waals surface area (Å²) in [6.45, 7) is 1.80. The van der Waals surface area contributed by atoms with E-state index in [1.807, 2.05) is 0 Å². The second-order valence-corrected chi connectivity index (χ2v) is 8.79. The van der Waals surface area contributed by atoms with Crippen molar-refractivity contribution in [3.05, 3.63) is 87.4 Å². The normalized spacial score (nSPS) is 11.2. The fraction of sp³-hybridized carbons (Fsp3) is 0.0500. The number of halogens is 4. The highest BCUT2D eigenvalue weighted by molar-refractivity contribution is 7.92. The van der Waals surface area contributed by atoms with Crippen molar-refractivity contribution in [3.8, 4) is 0 Å². The molecule has 1 amide bonds. The van der Waals surface area contributed by atoms with Gasteiger partial charge in [-0.25, -0.2) is 17.2 Å². The predicted octanol–water partition coefficient (Wildman–Crippen LogP) is 5.63. The van der Waals surface area contributed by atoms with E-state index in [1.54, 1.807) is 31.2 Å². The Hall–Kier alpha value is -2.68. The minimum atomic E-state index is -4.15. The number of rotatable bonds is 5. The average molecular weight is 471 g/mol. The van der Waals surface area contributed by atoms with E-state index in [-0.39, 0.29) is 26.2 Å². The molecule has 156 valence electrons. The number of aryl methyl sites for hydroxylation is 1. The molecule has 2 N–H and O–H groups in total. The highest BCUT2D eigenvalue weighted by atomic mass is 35.5. The van der Waals surface area contributed by atoms with E-state index in [9.17, 15) is 22.0 Å². The first-order valence-corrected chi connectivity index (χ1v) is 10.7. The molecule has 5 nitrogen and oxygen atoms in total. The van der Waals surface area contributed by atoms with Gasteiger partial charge >= 0.3 is 0 Å². The molecule has 0 spiro atoms. The maximum atomic E-state index is 13.4. The van der Waals surface area contributed by atoms with Crippen LogP contribution in [-0.2, 0) is 10.0 Å². The number of amides is 1. The second-order valence-electron chi connectivity index (χ2n) is 6.32. The van der Waals surface area contributed by atoms with Gasteiger partial charge in [-0.15, -0.1) is 0 Å². The average Bonchev–Trinajstić information content (AvgIpc) is 2.64. The van der Waals surface area contributed by atoms with Crippen LogP contribution >= 0.6 is 23.2 Å². The van der Waals surface area contributed by atoms with E-state index in [4.69, 9.17) is 23.2 Å². The molecule has 0 aliphatic carbocycles. The molecule has 0 unspecified atom stereocenters. The van der Waals surface area contributed by atoms with Gasteiger partial charge in [0.05, 0.1) is 15.6 Å². The Labute approximate surface area is 181 Å². The van der Waals surface area contributed by atoms with Crippen molar-refractivity contribution in [1.29, 1.82) is 0 Å². The first-order valence-electron chi connectivity index (χ1n) is 8.42. The fourth-order valence-corrected chi connectivity index (χ4v) is 4.51. The summed E-state index contributed by atoms with van der Waals surface area (Å²) in [6.07, 6.45) is 0. The lowest BCUT2D eigenvalue weighted by Crippen LogP contribution is -2.17. The maximum absolute atomic E-state index is 13.4. The van der Waals surface area contributed by atoms with Gasteiger partial charge in [-0.3, -0.25) is 9.52 Å². The lowest BCUT2D eigenvalue weighted by Gasteiger charge is -2.13. The Kier molecular flexibility index (Phi) is 6.30. The Morgan fingerprint density at radius 1 is 0.900 bits per heavy atom. The van der Waals surface area contributed by atoms with Crippen LogP contribution in [0.25, 0.3) is 0 Å². The molecule has 0 fully saturated rings. The van der Waals surface area contributed by atoms with Gasteiger partial charge in [0, 0.05) is 17.4 Å². The van der Waals surface area contributed by atoms with Gasteiger partial charge in [0.1, 0.15) is 4.90 Å². The molecule has 0 radical (unpaired) electrons. The monoisotopic (exact) mass is 470 g/mol. The quantitative estimate of drug-likeness (QED) is 0.506. The van der Waals surface area contributed by atoms with E-state index in [1.165, 1.54) is 0 Å². The van der Waals surface area contributed by atoms with Crippen LogP contribution in [0.4, 0.5) is 20.2 Å². The van der Waals surface area contributed by atoms with Crippen LogP contribution in [0.2, 0.25) is 10.0 Å². The van der Waals surface area contributed by atoms with Crippen molar-refractivity contribution in [2.24, 2.45) is 0 Å². The molecule has 0 heterocycles. The molecule has 0 aliphatic heterocycles. The molecule has 0 aromatic heterocycles. The van der Waals surface area contributed by atoms with Crippen molar-refractivity contribution in [1.82, 2.24) is 0 Å². The van der Waals surface area contributed by atoms with Crippen molar-refractivity contribution in [3.63, 3.8) is 0 Å². The fourth-order valence-electron chi connectivity index (χ4n) is 2.60. The van der Waals surface area contributed by atoms with Crippen molar-refractivity contribution in [2.45, 2.75) is 11.8 Å². The van der Waals surface area contributed by atoms with E-state index in [0.29, 0.717) is 5.69 Å². The Bertz CT molecular complexity index is 1250. The first kappa shape index (κ1) is 22.0. The summed E-state index contributed by atoms with van der Waals surface area (Å²) in [6, 6.07) is 11.6. The highest BCUT2D eigenvalue weighted by Crippen LogP contribution is 2.31. The van der Waals surface area contributed by atoms with E-state index in [0.717, 1.165) is 35.9 Å². The van der Waals surface area contributed by atoms with Crippen LogP contribution in [0.1, 0.15) is 15.9 Å². The smallest absolute Gasteiger partial charge is 0.263 e.